The molecule has 0 radical (unpaired) electrons. The summed E-state index contributed by atoms with van der Waals surface area (Å²) in [5, 5.41) is 0.549. The molecule has 2 aromatic rings. The Hall–Kier alpha value is -0.930. The third kappa shape index (κ3) is 2.73. The molecule has 2 rings (SSSR count). The fourth-order valence-electron chi connectivity index (χ4n) is 1.96. The van der Waals surface area contributed by atoms with Gasteiger partial charge >= 0.3 is 0 Å². The van der Waals surface area contributed by atoms with Crippen molar-refractivity contribution in [3.05, 3.63) is 45.1 Å². The molecule has 0 saturated carbocycles. The molecule has 0 N–H and O–H groups in total. The molecule has 0 aliphatic rings. The van der Waals surface area contributed by atoms with Gasteiger partial charge in [0.15, 0.2) is 5.82 Å². The molecule has 0 saturated heterocycles. The zero-order valence-electron chi connectivity index (χ0n) is 10.5. The molecule has 4 heteroatoms. The molecular formula is C14H14BrClN2. The Balaban J connectivity index is 2.55. The Morgan fingerprint density at radius 2 is 1.94 bits per heavy atom. The van der Waals surface area contributed by atoms with E-state index >= 15 is 0 Å². The molecule has 1 aromatic carbocycles. The Labute approximate surface area is 121 Å². The van der Waals surface area contributed by atoms with Crippen molar-refractivity contribution in [2.45, 2.75) is 26.7 Å². The lowest BCUT2D eigenvalue weighted by atomic mass is 10.0. The highest BCUT2D eigenvalue weighted by Gasteiger charge is 2.14. The zero-order valence-corrected chi connectivity index (χ0v) is 12.9. The number of hydrogen-bond acceptors (Lipinski definition) is 2. The number of hydrogen-bond donors (Lipinski definition) is 0. The van der Waals surface area contributed by atoms with Gasteiger partial charge in [-0.25, -0.2) is 9.97 Å². The Morgan fingerprint density at radius 1 is 1.22 bits per heavy atom. The molecule has 0 bridgehead atoms. The topological polar surface area (TPSA) is 25.8 Å². The Morgan fingerprint density at radius 3 is 2.50 bits per heavy atom. The minimum Gasteiger partial charge on any atom is -0.233 e. The van der Waals surface area contributed by atoms with Gasteiger partial charge in [0.05, 0.1) is 0 Å². The first kappa shape index (κ1) is 13.5. The van der Waals surface area contributed by atoms with Crippen LogP contribution in [-0.2, 0) is 0 Å². The van der Waals surface area contributed by atoms with Crippen molar-refractivity contribution in [3.8, 4) is 11.4 Å². The van der Waals surface area contributed by atoms with E-state index in [9.17, 15) is 0 Å². The van der Waals surface area contributed by atoms with Crippen molar-refractivity contribution in [3.63, 3.8) is 0 Å². The van der Waals surface area contributed by atoms with Crippen LogP contribution >= 0.6 is 27.5 Å². The van der Waals surface area contributed by atoms with Crippen LogP contribution in [-0.4, -0.2) is 9.97 Å². The van der Waals surface area contributed by atoms with Gasteiger partial charge in [0.25, 0.3) is 0 Å². The highest BCUT2D eigenvalue weighted by atomic mass is 79.9. The SMILES string of the molecule is Cc1nc(-c2cccc(Br)c2)nc(Cl)c1C(C)C. The summed E-state index contributed by atoms with van der Waals surface area (Å²) in [4.78, 5) is 8.95. The number of benzene rings is 1. The van der Waals surface area contributed by atoms with Crippen LogP contribution in [0.1, 0.15) is 31.0 Å². The lowest BCUT2D eigenvalue weighted by Crippen LogP contribution is -2.01. The molecule has 0 unspecified atom stereocenters. The molecule has 2 nitrogen and oxygen atoms in total. The van der Waals surface area contributed by atoms with Crippen LogP contribution in [0.5, 0.6) is 0 Å². The van der Waals surface area contributed by atoms with Crippen molar-refractivity contribution in [1.82, 2.24) is 9.97 Å². The van der Waals surface area contributed by atoms with E-state index in [0.29, 0.717) is 16.9 Å². The third-order valence-corrected chi connectivity index (χ3v) is 3.53. The normalized spacial score (nSPS) is 11.0. The predicted octanol–water partition coefficient (Wildman–Crippen LogP) is 4.99. The number of aryl methyl sites for hydroxylation is 1. The van der Waals surface area contributed by atoms with E-state index in [2.05, 4.69) is 39.7 Å². The van der Waals surface area contributed by atoms with Crippen LogP contribution in [0.4, 0.5) is 0 Å². The molecule has 0 atom stereocenters. The molecule has 0 aliphatic carbocycles. The predicted molar refractivity (Wildman–Crippen MR) is 79.0 cm³/mol. The second kappa shape index (κ2) is 5.37. The van der Waals surface area contributed by atoms with Crippen molar-refractivity contribution in [2.24, 2.45) is 0 Å². The average molecular weight is 326 g/mol. The molecule has 0 amide bonds. The van der Waals surface area contributed by atoms with Crippen LogP contribution in [0, 0.1) is 6.92 Å². The van der Waals surface area contributed by atoms with Gasteiger partial charge in [-0.1, -0.05) is 53.5 Å². The molecule has 18 heavy (non-hydrogen) atoms. The number of nitrogens with zero attached hydrogens (tertiary/aromatic N) is 2. The van der Waals surface area contributed by atoms with Crippen LogP contribution in [0.15, 0.2) is 28.7 Å². The zero-order chi connectivity index (χ0) is 13.3. The van der Waals surface area contributed by atoms with Gasteiger partial charge in [0.1, 0.15) is 5.15 Å². The first-order valence-electron chi connectivity index (χ1n) is 5.79. The molecule has 0 fully saturated rings. The molecule has 94 valence electrons. The summed E-state index contributed by atoms with van der Waals surface area (Å²) >= 11 is 9.70. The number of rotatable bonds is 2. The standard InChI is InChI=1S/C14H14BrClN2/c1-8(2)12-9(3)17-14(18-13(12)16)10-5-4-6-11(15)7-10/h4-8H,1-3H3. The summed E-state index contributed by atoms with van der Waals surface area (Å²) in [5.74, 6) is 0.997. The van der Waals surface area contributed by atoms with E-state index in [1.165, 1.54) is 0 Å². The van der Waals surface area contributed by atoms with Gasteiger partial charge in [0, 0.05) is 21.3 Å². The average Bonchev–Trinajstić information content (AvgIpc) is 2.27. The molecule has 1 aromatic heterocycles. The van der Waals surface area contributed by atoms with E-state index in [1.54, 1.807) is 0 Å². The fraction of sp³-hybridized carbons (Fsp3) is 0.286. The Kier molecular flexibility index (Phi) is 4.03. The van der Waals surface area contributed by atoms with E-state index in [1.807, 2.05) is 31.2 Å². The van der Waals surface area contributed by atoms with Crippen LogP contribution in [0.3, 0.4) is 0 Å². The van der Waals surface area contributed by atoms with Crippen molar-refractivity contribution < 1.29 is 0 Å². The van der Waals surface area contributed by atoms with E-state index in [0.717, 1.165) is 21.3 Å². The number of aromatic nitrogens is 2. The molecule has 0 aliphatic heterocycles. The van der Waals surface area contributed by atoms with Crippen molar-refractivity contribution >= 4 is 27.5 Å². The summed E-state index contributed by atoms with van der Waals surface area (Å²) in [6, 6.07) is 7.90. The van der Waals surface area contributed by atoms with Gasteiger partial charge in [-0.15, -0.1) is 0 Å². The van der Waals surface area contributed by atoms with Crippen molar-refractivity contribution in [1.29, 1.82) is 0 Å². The smallest absolute Gasteiger partial charge is 0.161 e. The maximum absolute atomic E-state index is 6.26. The maximum atomic E-state index is 6.26. The number of halogens is 2. The largest absolute Gasteiger partial charge is 0.233 e. The second-order valence-corrected chi connectivity index (χ2v) is 5.78. The first-order valence-corrected chi connectivity index (χ1v) is 6.96. The van der Waals surface area contributed by atoms with E-state index < -0.39 is 0 Å². The lowest BCUT2D eigenvalue weighted by molar-refractivity contribution is 0.831. The second-order valence-electron chi connectivity index (χ2n) is 4.50. The maximum Gasteiger partial charge on any atom is 0.161 e. The lowest BCUT2D eigenvalue weighted by Gasteiger charge is -2.12. The molecule has 0 spiro atoms. The minimum atomic E-state index is 0.328. The summed E-state index contributed by atoms with van der Waals surface area (Å²) in [7, 11) is 0. The summed E-state index contributed by atoms with van der Waals surface area (Å²) in [6.07, 6.45) is 0. The summed E-state index contributed by atoms with van der Waals surface area (Å²) in [6.45, 7) is 6.16. The minimum absolute atomic E-state index is 0.328. The highest BCUT2D eigenvalue weighted by molar-refractivity contribution is 9.10. The fourth-order valence-corrected chi connectivity index (χ4v) is 2.79. The molecular weight excluding hydrogens is 312 g/mol. The monoisotopic (exact) mass is 324 g/mol. The van der Waals surface area contributed by atoms with Gasteiger partial charge in [0.2, 0.25) is 0 Å². The van der Waals surface area contributed by atoms with E-state index in [4.69, 9.17) is 11.6 Å². The van der Waals surface area contributed by atoms with Crippen LogP contribution in [0.2, 0.25) is 5.15 Å². The third-order valence-electron chi connectivity index (χ3n) is 2.75. The van der Waals surface area contributed by atoms with Crippen LogP contribution < -0.4 is 0 Å². The van der Waals surface area contributed by atoms with Gasteiger partial charge < -0.3 is 0 Å². The highest BCUT2D eigenvalue weighted by Crippen LogP contribution is 2.28. The first-order chi connectivity index (χ1) is 8.49. The summed E-state index contributed by atoms with van der Waals surface area (Å²) in [5.41, 5.74) is 2.93. The molecule has 1 heterocycles. The Bertz CT molecular complexity index is 559. The van der Waals surface area contributed by atoms with Crippen LogP contribution in [0.25, 0.3) is 11.4 Å². The van der Waals surface area contributed by atoms with E-state index in [-0.39, 0.29) is 0 Å². The quantitative estimate of drug-likeness (QED) is 0.727. The van der Waals surface area contributed by atoms with Crippen molar-refractivity contribution in [2.75, 3.05) is 0 Å². The van der Waals surface area contributed by atoms with Gasteiger partial charge in [-0.05, 0) is 25.0 Å². The summed E-state index contributed by atoms with van der Waals surface area (Å²) < 4.78 is 1.00. The van der Waals surface area contributed by atoms with Gasteiger partial charge in [-0.2, -0.15) is 0 Å². The van der Waals surface area contributed by atoms with Gasteiger partial charge in [-0.3, -0.25) is 0 Å².